The fourth-order valence-electron chi connectivity index (χ4n) is 1.95. The minimum absolute atomic E-state index is 0.171. The Morgan fingerprint density at radius 2 is 1.65 bits per heavy atom. The molecule has 1 N–H and O–H groups in total. The lowest BCUT2D eigenvalue weighted by molar-refractivity contribution is -0.123. The number of benzene rings is 2. The van der Waals surface area contributed by atoms with Crippen LogP contribution in [0.5, 0.6) is 0 Å². The molecule has 0 saturated heterocycles. The molecule has 1 unspecified atom stereocenters. The number of esters is 1. The van der Waals surface area contributed by atoms with Crippen molar-refractivity contribution >= 4 is 75.7 Å². The lowest BCUT2D eigenvalue weighted by Crippen LogP contribution is -2.30. The number of rotatable bonds is 5. The van der Waals surface area contributed by atoms with Crippen LogP contribution in [0.2, 0.25) is 20.1 Å². The summed E-state index contributed by atoms with van der Waals surface area (Å²) in [7, 11) is 0. The predicted octanol–water partition coefficient (Wildman–Crippen LogP) is 6.21. The Morgan fingerprint density at radius 3 is 2.23 bits per heavy atom. The number of carbonyl (C=O) groups excluding carboxylic acids is 2. The summed E-state index contributed by atoms with van der Waals surface area (Å²) in [4.78, 5) is 25.5. The second-order valence-corrected chi connectivity index (χ2v) is 7.66. The van der Waals surface area contributed by atoms with Crippen molar-refractivity contribution < 1.29 is 14.3 Å². The third kappa shape index (κ3) is 5.21. The second-order valence-electron chi connectivity index (χ2n) is 5.13. The zero-order valence-electron chi connectivity index (χ0n) is 13.6. The van der Waals surface area contributed by atoms with Gasteiger partial charge in [-0.25, -0.2) is 4.79 Å². The lowest BCUT2D eigenvalue weighted by atomic mass is 10.2. The van der Waals surface area contributed by atoms with Crippen LogP contribution in [-0.2, 0) is 9.53 Å². The average molecular weight is 453 g/mol. The van der Waals surface area contributed by atoms with Crippen molar-refractivity contribution in [1.29, 1.82) is 0 Å². The van der Waals surface area contributed by atoms with E-state index in [0.717, 1.165) is 4.90 Å². The molecule has 0 aromatic heterocycles. The molecule has 0 radical (unpaired) electrons. The number of thioether (sulfide) groups is 1. The lowest BCUT2D eigenvalue weighted by Gasteiger charge is -2.16. The first kappa shape index (κ1) is 21.2. The van der Waals surface area contributed by atoms with Gasteiger partial charge in [0.05, 0.1) is 26.3 Å². The van der Waals surface area contributed by atoms with Gasteiger partial charge in [0.25, 0.3) is 5.91 Å². The van der Waals surface area contributed by atoms with Crippen molar-refractivity contribution in [1.82, 2.24) is 0 Å². The van der Waals surface area contributed by atoms with Gasteiger partial charge in [0.15, 0.2) is 6.10 Å². The van der Waals surface area contributed by atoms with Crippen molar-refractivity contribution in [3.05, 3.63) is 56.0 Å². The van der Waals surface area contributed by atoms with Crippen molar-refractivity contribution in [3.63, 3.8) is 0 Å². The highest BCUT2D eigenvalue weighted by atomic mass is 35.5. The van der Waals surface area contributed by atoms with Crippen LogP contribution < -0.4 is 5.32 Å². The molecule has 0 aliphatic heterocycles. The van der Waals surface area contributed by atoms with E-state index in [0.29, 0.717) is 5.02 Å². The summed E-state index contributed by atoms with van der Waals surface area (Å²) >= 11 is 25.4. The molecule has 2 aromatic rings. The van der Waals surface area contributed by atoms with E-state index in [1.807, 2.05) is 6.26 Å². The molecule has 4 nitrogen and oxygen atoms in total. The molecule has 2 aromatic carbocycles. The summed E-state index contributed by atoms with van der Waals surface area (Å²) in [6, 6.07) is 7.86. The fourth-order valence-corrected chi connectivity index (χ4v) is 3.50. The number of anilines is 1. The van der Waals surface area contributed by atoms with E-state index >= 15 is 0 Å². The molecule has 0 aliphatic carbocycles. The van der Waals surface area contributed by atoms with E-state index in [2.05, 4.69) is 5.32 Å². The summed E-state index contributed by atoms with van der Waals surface area (Å²) in [5.41, 5.74) is 0.369. The Labute approximate surface area is 175 Å². The van der Waals surface area contributed by atoms with Gasteiger partial charge in [-0.15, -0.1) is 11.8 Å². The normalized spacial score (nSPS) is 11.8. The monoisotopic (exact) mass is 451 g/mol. The molecule has 138 valence electrons. The van der Waals surface area contributed by atoms with Gasteiger partial charge in [-0.05, 0) is 43.5 Å². The second kappa shape index (κ2) is 9.20. The number of nitrogens with one attached hydrogen (secondary N) is 1. The molecule has 1 atom stereocenters. The van der Waals surface area contributed by atoms with Gasteiger partial charge in [-0.1, -0.05) is 46.4 Å². The van der Waals surface area contributed by atoms with Crippen molar-refractivity contribution in [2.45, 2.75) is 17.9 Å². The van der Waals surface area contributed by atoms with E-state index in [4.69, 9.17) is 51.1 Å². The Balaban J connectivity index is 2.11. The van der Waals surface area contributed by atoms with Crippen molar-refractivity contribution in [2.24, 2.45) is 0 Å². The van der Waals surface area contributed by atoms with Gasteiger partial charge in [0, 0.05) is 9.92 Å². The summed E-state index contributed by atoms with van der Waals surface area (Å²) < 4.78 is 5.20. The topological polar surface area (TPSA) is 55.4 Å². The molecule has 0 heterocycles. The van der Waals surface area contributed by atoms with Crippen LogP contribution in [-0.4, -0.2) is 24.2 Å². The van der Waals surface area contributed by atoms with Gasteiger partial charge >= 0.3 is 5.97 Å². The van der Waals surface area contributed by atoms with Gasteiger partial charge in [0.1, 0.15) is 0 Å². The third-order valence-electron chi connectivity index (χ3n) is 3.30. The Bertz CT molecular complexity index is 837. The van der Waals surface area contributed by atoms with E-state index in [1.54, 1.807) is 18.2 Å². The van der Waals surface area contributed by atoms with Gasteiger partial charge in [-0.3, -0.25) is 4.79 Å². The molecule has 1 amide bonds. The van der Waals surface area contributed by atoms with E-state index in [9.17, 15) is 9.59 Å². The quantitative estimate of drug-likeness (QED) is 0.433. The molecule has 0 fully saturated rings. The van der Waals surface area contributed by atoms with Crippen LogP contribution in [0, 0.1) is 0 Å². The van der Waals surface area contributed by atoms with E-state index in [-0.39, 0.29) is 26.3 Å². The maximum Gasteiger partial charge on any atom is 0.340 e. The molecule has 0 saturated carbocycles. The predicted molar refractivity (Wildman–Crippen MR) is 108 cm³/mol. The fraction of sp³-hybridized carbons (Fsp3) is 0.176. The zero-order chi connectivity index (χ0) is 19.4. The molecular weight excluding hydrogens is 440 g/mol. The maximum atomic E-state index is 12.3. The van der Waals surface area contributed by atoms with Crippen LogP contribution >= 0.6 is 58.2 Å². The molecule has 0 aliphatic rings. The van der Waals surface area contributed by atoms with Crippen LogP contribution in [0.1, 0.15) is 17.3 Å². The molecule has 0 bridgehead atoms. The minimum Gasteiger partial charge on any atom is -0.449 e. The first-order chi connectivity index (χ1) is 12.2. The summed E-state index contributed by atoms with van der Waals surface area (Å²) in [6.45, 7) is 1.43. The Hall–Kier alpha value is -1.11. The highest BCUT2D eigenvalue weighted by Crippen LogP contribution is 2.33. The number of hydrogen-bond donors (Lipinski definition) is 1. The third-order valence-corrected chi connectivity index (χ3v) is 5.17. The molecule has 0 spiro atoms. The molecule has 2 rings (SSSR count). The van der Waals surface area contributed by atoms with Crippen LogP contribution in [0.4, 0.5) is 5.69 Å². The SMILES string of the molecule is CSc1ccc(Cl)c(C(=O)OC(C)C(=O)Nc2c(Cl)cc(Cl)cc2Cl)c1. The maximum absolute atomic E-state index is 12.3. The largest absolute Gasteiger partial charge is 0.449 e. The Morgan fingerprint density at radius 1 is 1.04 bits per heavy atom. The van der Waals surface area contributed by atoms with Crippen LogP contribution in [0.25, 0.3) is 0 Å². The number of amides is 1. The molecule has 9 heteroatoms. The van der Waals surface area contributed by atoms with Crippen LogP contribution in [0.15, 0.2) is 35.2 Å². The smallest absolute Gasteiger partial charge is 0.340 e. The minimum atomic E-state index is -1.10. The van der Waals surface area contributed by atoms with Gasteiger partial charge in [0.2, 0.25) is 0 Å². The van der Waals surface area contributed by atoms with Crippen molar-refractivity contribution in [2.75, 3.05) is 11.6 Å². The first-order valence-electron chi connectivity index (χ1n) is 7.23. The summed E-state index contributed by atoms with van der Waals surface area (Å²) in [5, 5.41) is 3.44. The number of hydrogen-bond acceptors (Lipinski definition) is 4. The first-order valence-corrected chi connectivity index (χ1v) is 9.96. The Kier molecular flexibility index (Phi) is 7.50. The van der Waals surface area contributed by atoms with Crippen LogP contribution in [0.3, 0.4) is 0 Å². The number of halogens is 4. The van der Waals surface area contributed by atoms with Crippen molar-refractivity contribution in [3.8, 4) is 0 Å². The van der Waals surface area contributed by atoms with E-state index < -0.39 is 18.0 Å². The summed E-state index contributed by atoms with van der Waals surface area (Å²) in [6.07, 6.45) is 0.771. The van der Waals surface area contributed by atoms with Gasteiger partial charge < -0.3 is 10.1 Å². The molecular formula is C17H13Cl4NO3S. The number of carbonyl (C=O) groups is 2. The highest BCUT2D eigenvalue weighted by molar-refractivity contribution is 7.98. The number of ether oxygens (including phenoxy) is 1. The van der Waals surface area contributed by atoms with Gasteiger partial charge in [-0.2, -0.15) is 0 Å². The highest BCUT2D eigenvalue weighted by Gasteiger charge is 2.22. The van der Waals surface area contributed by atoms with E-state index in [1.165, 1.54) is 30.8 Å². The molecule has 26 heavy (non-hydrogen) atoms. The average Bonchev–Trinajstić information content (AvgIpc) is 2.58. The standard InChI is InChI=1S/C17H13Cl4NO3S/c1-8(16(23)22-15-13(20)5-9(18)6-14(15)21)25-17(24)11-7-10(26-2)3-4-12(11)19/h3-8H,1-2H3,(H,22,23). The summed E-state index contributed by atoms with van der Waals surface area (Å²) in [5.74, 6) is -1.30. The zero-order valence-corrected chi connectivity index (χ0v) is 17.4.